The van der Waals surface area contributed by atoms with Gasteiger partial charge in [-0.1, -0.05) is 18.2 Å². The maximum Gasteiger partial charge on any atom is 0.0644 e. The summed E-state index contributed by atoms with van der Waals surface area (Å²) < 4.78 is 7.45. The van der Waals surface area contributed by atoms with Crippen molar-refractivity contribution in [1.82, 2.24) is 4.98 Å². The van der Waals surface area contributed by atoms with Crippen molar-refractivity contribution in [3.8, 4) is 0 Å². The van der Waals surface area contributed by atoms with E-state index in [1.165, 1.54) is 34.0 Å². The molecular weight excluding hydrogens is 409 g/mol. The highest BCUT2D eigenvalue weighted by atomic mass is 127. The van der Waals surface area contributed by atoms with Crippen molar-refractivity contribution < 1.29 is 4.74 Å². The Balaban J connectivity index is 1.61. The fourth-order valence-corrected chi connectivity index (χ4v) is 4.55. The van der Waals surface area contributed by atoms with Gasteiger partial charge in [-0.3, -0.25) is 4.98 Å². The Bertz CT molecular complexity index is 722. The topological polar surface area (TPSA) is 22.1 Å². The number of aromatic nitrogens is 1. The first-order valence-electron chi connectivity index (χ1n) is 8.81. The summed E-state index contributed by atoms with van der Waals surface area (Å²) in [4.78, 5) is 4.41. The predicted molar refractivity (Wildman–Crippen MR) is 106 cm³/mol. The van der Waals surface area contributed by atoms with Gasteiger partial charge in [0.2, 0.25) is 0 Å². The third-order valence-corrected chi connectivity index (χ3v) is 5.88. The van der Waals surface area contributed by atoms with Crippen LogP contribution in [0.25, 0.3) is 6.08 Å². The lowest BCUT2D eigenvalue weighted by atomic mass is 9.90. The van der Waals surface area contributed by atoms with Crippen LogP contribution in [0.2, 0.25) is 0 Å². The summed E-state index contributed by atoms with van der Waals surface area (Å²) in [5.74, 6) is 1.00. The Labute approximate surface area is 157 Å². The van der Waals surface area contributed by atoms with Gasteiger partial charge >= 0.3 is 0 Å². The average Bonchev–Trinajstić information content (AvgIpc) is 2.99. The van der Waals surface area contributed by atoms with E-state index in [-0.39, 0.29) is 0 Å². The van der Waals surface area contributed by atoms with E-state index >= 15 is 0 Å². The molecule has 0 N–H and O–H groups in total. The zero-order valence-electron chi connectivity index (χ0n) is 13.7. The molecule has 2 heterocycles. The molecule has 2 aromatic rings. The fraction of sp³-hybridized carbons (Fsp3) is 0.381. The molecule has 24 heavy (non-hydrogen) atoms. The number of nitrogens with zero attached hydrogens (tertiary/aromatic N) is 1. The molecule has 1 aliphatic carbocycles. The molecule has 4 rings (SSSR count). The predicted octanol–water partition coefficient (Wildman–Crippen LogP) is 5.54. The summed E-state index contributed by atoms with van der Waals surface area (Å²) in [6.45, 7) is 0.925. The van der Waals surface area contributed by atoms with Gasteiger partial charge in [0.15, 0.2) is 0 Å². The number of pyridine rings is 1. The van der Waals surface area contributed by atoms with Crippen molar-refractivity contribution in [3.63, 3.8) is 0 Å². The number of ether oxygens (including phenoxy) is 1. The van der Waals surface area contributed by atoms with Crippen LogP contribution in [-0.2, 0) is 4.74 Å². The highest BCUT2D eigenvalue weighted by molar-refractivity contribution is 14.1. The second kappa shape index (κ2) is 7.36. The zero-order valence-corrected chi connectivity index (χ0v) is 15.9. The third kappa shape index (κ3) is 3.42. The number of allylic oxidation sites excluding steroid dienone is 1. The van der Waals surface area contributed by atoms with Crippen LogP contribution in [0.5, 0.6) is 0 Å². The molecule has 1 aliphatic heterocycles. The molecule has 0 bridgehead atoms. The van der Waals surface area contributed by atoms with E-state index in [1.54, 1.807) is 0 Å². The minimum atomic E-state index is 0.393. The lowest BCUT2D eigenvalue weighted by Crippen LogP contribution is -2.25. The van der Waals surface area contributed by atoms with Gasteiger partial charge in [0.25, 0.3) is 0 Å². The first-order chi connectivity index (χ1) is 11.8. The van der Waals surface area contributed by atoms with Gasteiger partial charge in [0.05, 0.1) is 11.8 Å². The van der Waals surface area contributed by atoms with Crippen molar-refractivity contribution in [2.45, 2.75) is 43.6 Å². The Kier molecular flexibility index (Phi) is 4.99. The van der Waals surface area contributed by atoms with Crippen molar-refractivity contribution in [2.75, 3.05) is 6.61 Å². The largest absolute Gasteiger partial charge is 0.378 e. The number of hydrogen-bond donors (Lipinski definition) is 0. The minimum absolute atomic E-state index is 0.393. The smallest absolute Gasteiger partial charge is 0.0644 e. The molecule has 3 heteroatoms. The lowest BCUT2D eigenvalue weighted by Gasteiger charge is -2.28. The second-order valence-corrected chi connectivity index (χ2v) is 7.99. The maximum absolute atomic E-state index is 6.13. The maximum atomic E-state index is 6.13. The van der Waals surface area contributed by atoms with Gasteiger partial charge in [-0.05, 0) is 89.7 Å². The molecule has 1 fully saturated rings. The van der Waals surface area contributed by atoms with Crippen LogP contribution in [-0.4, -0.2) is 17.7 Å². The van der Waals surface area contributed by atoms with Gasteiger partial charge in [-0.2, -0.15) is 0 Å². The monoisotopic (exact) mass is 431 g/mol. The zero-order chi connectivity index (χ0) is 16.4. The van der Waals surface area contributed by atoms with Crippen molar-refractivity contribution in [1.29, 1.82) is 0 Å². The van der Waals surface area contributed by atoms with E-state index in [4.69, 9.17) is 4.74 Å². The molecule has 1 saturated heterocycles. The average molecular weight is 431 g/mol. The molecular formula is C21H22INO. The van der Waals surface area contributed by atoms with Crippen molar-refractivity contribution in [3.05, 3.63) is 69.1 Å². The third-order valence-electron chi connectivity index (χ3n) is 5.21. The van der Waals surface area contributed by atoms with Gasteiger partial charge < -0.3 is 4.74 Å². The molecule has 2 aliphatic rings. The van der Waals surface area contributed by atoms with Crippen LogP contribution >= 0.6 is 22.6 Å². The first-order valence-corrected chi connectivity index (χ1v) is 9.89. The molecule has 0 amide bonds. The van der Waals surface area contributed by atoms with Gasteiger partial charge in [-0.15, -0.1) is 0 Å². The van der Waals surface area contributed by atoms with Gasteiger partial charge in [0.1, 0.15) is 0 Å². The van der Waals surface area contributed by atoms with Crippen LogP contribution in [0.4, 0.5) is 0 Å². The van der Waals surface area contributed by atoms with E-state index in [0.29, 0.717) is 17.9 Å². The second-order valence-electron chi connectivity index (χ2n) is 6.74. The molecule has 1 aromatic heterocycles. The summed E-state index contributed by atoms with van der Waals surface area (Å²) in [5.41, 5.74) is 4.01. The molecule has 1 aromatic carbocycles. The standard InChI is InChI=1S/C21H22INO/c22-16-8-10-18-15(7-9-17-5-1-3-11-23-17)13-20(19(18)14-16)21-6-2-4-12-24-21/h1,3,5,7-11,14-15,20-21H,2,4,6,12-13H2. The van der Waals surface area contributed by atoms with E-state index in [0.717, 1.165) is 18.7 Å². The number of halogens is 1. The van der Waals surface area contributed by atoms with E-state index in [9.17, 15) is 0 Å². The Morgan fingerprint density at radius 3 is 2.88 bits per heavy atom. The van der Waals surface area contributed by atoms with Gasteiger partial charge in [-0.25, -0.2) is 0 Å². The van der Waals surface area contributed by atoms with E-state index in [1.807, 2.05) is 18.3 Å². The highest BCUT2D eigenvalue weighted by Crippen LogP contribution is 2.47. The normalized spacial score (nSPS) is 26.6. The van der Waals surface area contributed by atoms with Crippen molar-refractivity contribution in [2.24, 2.45) is 0 Å². The molecule has 2 nitrogen and oxygen atoms in total. The summed E-state index contributed by atoms with van der Waals surface area (Å²) in [6.07, 6.45) is 11.6. The Morgan fingerprint density at radius 2 is 2.08 bits per heavy atom. The summed E-state index contributed by atoms with van der Waals surface area (Å²) in [7, 11) is 0. The highest BCUT2D eigenvalue weighted by Gasteiger charge is 2.36. The summed E-state index contributed by atoms with van der Waals surface area (Å²) >= 11 is 2.42. The SMILES string of the molecule is Ic1ccc2c(c1)C(C1CCCCO1)CC2C=Cc1ccccn1. The Morgan fingerprint density at radius 1 is 1.12 bits per heavy atom. The molecule has 3 unspecified atom stereocenters. The van der Waals surface area contributed by atoms with Crippen LogP contribution in [0, 0.1) is 3.57 Å². The molecule has 3 atom stereocenters. The van der Waals surface area contributed by atoms with Crippen LogP contribution < -0.4 is 0 Å². The fourth-order valence-electron chi connectivity index (χ4n) is 4.04. The summed E-state index contributed by atoms with van der Waals surface area (Å²) in [5, 5.41) is 0. The number of fused-ring (bicyclic) bond motifs is 1. The van der Waals surface area contributed by atoms with Crippen molar-refractivity contribution >= 4 is 28.7 Å². The lowest BCUT2D eigenvalue weighted by molar-refractivity contribution is -0.00121. The number of benzene rings is 1. The van der Waals surface area contributed by atoms with E-state index in [2.05, 4.69) is 64.0 Å². The molecule has 0 saturated carbocycles. The summed E-state index contributed by atoms with van der Waals surface area (Å²) in [6, 6.07) is 13.0. The van der Waals surface area contributed by atoms with E-state index < -0.39 is 0 Å². The number of hydrogen-bond acceptors (Lipinski definition) is 2. The van der Waals surface area contributed by atoms with Gasteiger partial charge in [0, 0.05) is 28.2 Å². The first kappa shape index (κ1) is 16.3. The number of rotatable bonds is 3. The van der Waals surface area contributed by atoms with Crippen LogP contribution in [0.1, 0.15) is 54.3 Å². The Hall–Kier alpha value is -1.20. The quantitative estimate of drug-likeness (QED) is 0.596. The molecule has 0 radical (unpaired) electrons. The van der Waals surface area contributed by atoms with Crippen LogP contribution in [0.15, 0.2) is 48.7 Å². The van der Waals surface area contributed by atoms with Crippen LogP contribution in [0.3, 0.4) is 0 Å². The molecule has 0 spiro atoms. The minimum Gasteiger partial charge on any atom is -0.378 e. The molecule has 124 valence electrons.